The number of benzene rings is 2. The number of nitrogens with zero attached hydrogens (tertiary/aromatic N) is 1. The summed E-state index contributed by atoms with van der Waals surface area (Å²) in [6, 6.07) is 16.1. The lowest BCUT2D eigenvalue weighted by atomic mass is 10.1. The number of unbranched alkanes of at least 4 members (excludes halogenated alkanes) is 1. The van der Waals surface area contributed by atoms with Crippen molar-refractivity contribution in [1.29, 1.82) is 0 Å². The molecule has 0 aliphatic heterocycles. The van der Waals surface area contributed by atoms with Gasteiger partial charge >= 0.3 is 12.0 Å². The lowest BCUT2D eigenvalue weighted by Gasteiger charge is -2.07. The molecule has 0 fully saturated rings. The Labute approximate surface area is 180 Å². The van der Waals surface area contributed by atoms with Gasteiger partial charge in [0.05, 0.1) is 17.9 Å². The normalized spacial score (nSPS) is 10.5. The Kier molecular flexibility index (Phi) is 7.57. The van der Waals surface area contributed by atoms with Crippen LogP contribution in [0.25, 0.3) is 11.3 Å². The summed E-state index contributed by atoms with van der Waals surface area (Å²) in [5.41, 5.74) is 2.95. The van der Waals surface area contributed by atoms with Gasteiger partial charge in [0.25, 0.3) is 0 Å². The Morgan fingerprint density at radius 1 is 1.00 bits per heavy atom. The molecule has 0 radical (unpaired) electrons. The molecule has 0 saturated heterocycles. The molecule has 0 aliphatic carbocycles. The fourth-order valence-electron chi connectivity index (χ4n) is 2.81. The van der Waals surface area contributed by atoms with Crippen molar-refractivity contribution < 1.29 is 14.3 Å². The molecule has 1 aromatic heterocycles. The van der Waals surface area contributed by atoms with Crippen LogP contribution in [-0.2, 0) is 11.2 Å². The first-order valence-electron chi connectivity index (χ1n) is 10.0. The summed E-state index contributed by atoms with van der Waals surface area (Å²) in [5.74, 6) is -0.359. The lowest BCUT2D eigenvalue weighted by molar-refractivity contribution is 0.0500. The molecule has 30 heavy (non-hydrogen) atoms. The van der Waals surface area contributed by atoms with Crippen LogP contribution in [0, 0.1) is 0 Å². The summed E-state index contributed by atoms with van der Waals surface area (Å²) >= 11 is 1.46. The van der Waals surface area contributed by atoms with Gasteiger partial charge in [0.15, 0.2) is 5.13 Å². The molecule has 0 unspecified atom stereocenters. The van der Waals surface area contributed by atoms with Crippen LogP contribution in [0.1, 0.15) is 41.9 Å². The average molecular weight is 424 g/mol. The van der Waals surface area contributed by atoms with Crippen LogP contribution >= 0.6 is 11.3 Å². The van der Waals surface area contributed by atoms with Crippen LogP contribution in [0.5, 0.6) is 0 Å². The fourth-order valence-corrected chi connectivity index (χ4v) is 3.73. The van der Waals surface area contributed by atoms with E-state index in [0.717, 1.165) is 35.4 Å². The zero-order chi connectivity index (χ0) is 21.3. The summed E-state index contributed by atoms with van der Waals surface area (Å²) in [6.07, 6.45) is 2.64. The summed E-state index contributed by atoms with van der Waals surface area (Å²) < 4.78 is 5.18. The van der Waals surface area contributed by atoms with Crippen molar-refractivity contribution in [3.63, 3.8) is 0 Å². The Hall–Kier alpha value is -3.19. The summed E-state index contributed by atoms with van der Waals surface area (Å²) in [7, 11) is 0. The Morgan fingerprint density at radius 3 is 2.40 bits per heavy atom. The molecule has 3 aromatic rings. The minimum absolute atomic E-state index is 0.359. The third kappa shape index (κ3) is 5.67. The minimum atomic E-state index is -0.385. The molecule has 0 atom stereocenters. The van der Waals surface area contributed by atoms with Gasteiger partial charge in [-0.25, -0.2) is 14.6 Å². The van der Waals surface area contributed by atoms with Crippen LogP contribution in [0.4, 0.5) is 15.6 Å². The van der Waals surface area contributed by atoms with E-state index in [4.69, 9.17) is 4.74 Å². The molecule has 0 aliphatic rings. The number of aromatic nitrogens is 1. The monoisotopic (exact) mass is 423 g/mol. The highest BCUT2D eigenvalue weighted by molar-refractivity contribution is 7.16. The first-order chi connectivity index (χ1) is 14.6. The van der Waals surface area contributed by atoms with E-state index in [2.05, 4.69) is 22.5 Å². The molecule has 7 heteroatoms. The second-order valence-electron chi connectivity index (χ2n) is 6.66. The molecule has 0 bridgehead atoms. The van der Waals surface area contributed by atoms with Crippen molar-refractivity contribution in [2.75, 3.05) is 17.2 Å². The maximum atomic E-state index is 12.4. The van der Waals surface area contributed by atoms with E-state index in [1.807, 2.05) is 37.3 Å². The molecule has 3 rings (SSSR count). The third-order valence-corrected chi connectivity index (χ3v) is 5.51. The number of hydrogen-bond donors (Lipinski definition) is 2. The highest BCUT2D eigenvalue weighted by atomic mass is 32.1. The van der Waals surface area contributed by atoms with E-state index >= 15 is 0 Å². The van der Waals surface area contributed by atoms with Gasteiger partial charge in [-0.3, -0.25) is 5.32 Å². The Balaban J connectivity index is 1.61. The average Bonchev–Trinajstić information content (AvgIpc) is 3.17. The highest BCUT2D eigenvalue weighted by Crippen LogP contribution is 2.31. The zero-order valence-electron chi connectivity index (χ0n) is 17.1. The van der Waals surface area contributed by atoms with Gasteiger partial charge in [0, 0.05) is 16.1 Å². The van der Waals surface area contributed by atoms with E-state index in [1.165, 1.54) is 11.3 Å². The number of ether oxygens (including phenoxy) is 1. The van der Waals surface area contributed by atoms with Crippen molar-refractivity contribution in [2.45, 2.75) is 33.1 Å². The number of carbonyl (C=O) groups excluding carboxylic acids is 2. The van der Waals surface area contributed by atoms with Gasteiger partial charge in [0.2, 0.25) is 0 Å². The number of carbonyl (C=O) groups is 2. The van der Waals surface area contributed by atoms with Crippen molar-refractivity contribution in [3.05, 3.63) is 65.0 Å². The SMILES string of the molecule is CCCCOC(=O)c1ccc(NC(=O)Nc2nc(-c3ccccc3)c(CC)s2)cc1. The van der Waals surface area contributed by atoms with Crippen molar-refractivity contribution in [3.8, 4) is 11.3 Å². The van der Waals surface area contributed by atoms with E-state index in [1.54, 1.807) is 24.3 Å². The van der Waals surface area contributed by atoms with E-state index in [0.29, 0.717) is 23.0 Å². The lowest BCUT2D eigenvalue weighted by Crippen LogP contribution is -2.19. The van der Waals surface area contributed by atoms with Crippen molar-refractivity contribution >= 4 is 34.2 Å². The molecular formula is C23H25N3O3S. The number of nitrogens with one attached hydrogen (secondary N) is 2. The third-order valence-electron chi connectivity index (χ3n) is 4.40. The Morgan fingerprint density at radius 2 is 1.73 bits per heavy atom. The molecule has 2 N–H and O–H groups in total. The summed E-state index contributed by atoms with van der Waals surface area (Å²) in [6.45, 7) is 4.52. The molecule has 2 amide bonds. The standard InChI is InChI=1S/C23H25N3O3S/c1-3-5-15-29-21(27)17-11-13-18(14-12-17)24-22(28)26-23-25-20(19(4-2)30-23)16-9-7-6-8-10-16/h6-14H,3-5,15H2,1-2H3,(H2,24,25,26,28). The van der Waals surface area contributed by atoms with Crippen LogP contribution in [0.2, 0.25) is 0 Å². The number of esters is 1. The second-order valence-corrected chi connectivity index (χ2v) is 7.74. The summed E-state index contributed by atoms with van der Waals surface area (Å²) in [4.78, 5) is 30.0. The molecule has 1 heterocycles. The smallest absolute Gasteiger partial charge is 0.338 e. The predicted octanol–water partition coefficient (Wildman–Crippen LogP) is 5.97. The van der Waals surface area contributed by atoms with Crippen LogP contribution < -0.4 is 10.6 Å². The number of amides is 2. The van der Waals surface area contributed by atoms with Crippen LogP contribution in [0.15, 0.2) is 54.6 Å². The zero-order valence-corrected chi connectivity index (χ0v) is 17.9. The largest absolute Gasteiger partial charge is 0.462 e. The number of rotatable bonds is 8. The Bertz CT molecular complexity index is 985. The van der Waals surface area contributed by atoms with E-state index in [9.17, 15) is 9.59 Å². The number of thiazole rings is 1. The first kappa shape index (κ1) is 21.5. The van der Waals surface area contributed by atoms with Gasteiger partial charge in [0.1, 0.15) is 0 Å². The van der Waals surface area contributed by atoms with Gasteiger partial charge in [-0.2, -0.15) is 0 Å². The number of hydrogen-bond acceptors (Lipinski definition) is 5. The van der Waals surface area contributed by atoms with Crippen LogP contribution in [-0.4, -0.2) is 23.6 Å². The molecule has 0 spiro atoms. The molecule has 156 valence electrons. The van der Waals surface area contributed by atoms with Crippen molar-refractivity contribution in [2.24, 2.45) is 0 Å². The predicted molar refractivity (Wildman–Crippen MR) is 121 cm³/mol. The van der Waals surface area contributed by atoms with E-state index < -0.39 is 0 Å². The first-order valence-corrected chi connectivity index (χ1v) is 10.8. The second kappa shape index (κ2) is 10.5. The fraction of sp³-hybridized carbons (Fsp3) is 0.261. The molecule has 0 saturated carbocycles. The van der Waals surface area contributed by atoms with Gasteiger partial charge in [-0.15, -0.1) is 11.3 Å². The van der Waals surface area contributed by atoms with Gasteiger partial charge in [-0.05, 0) is 37.1 Å². The van der Waals surface area contributed by atoms with Gasteiger partial charge in [-0.1, -0.05) is 50.6 Å². The number of anilines is 2. The highest BCUT2D eigenvalue weighted by Gasteiger charge is 2.14. The molecular weight excluding hydrogens is 398 g/mol. The van der Waals surface area contributed by atoms with Crippen molar-refractivity contribution in [1.82, 2.24) is 4.98 Å². The maximum absolute atomic E-state index is 12.4. The van der Waals surface area contributed by atoms with Crippen LogP contribution in [0.3, 0.4) is 0 Å². The maximum Gasteiger partial charge on any atom is 0.338 e. The van der Waals surface area contributed by atoms with E-state index in [-0.39, 0.29) is 12.0 Å². The minimum Gasteiger partial charge on any atom is -0.462 e. The molecule has 6 nitrogen and oxygen atoms in total. The molecule has 2 aromatic carbocycles. The number of aryl methyl sites for hydroxylation is 1. The van der Waals surface area contributed by atoms with Gasteiger partial charge < -0.3 is 10.1 Å². The topological polar surface area (TPSA) is 80.3 Å². The quantitative estimate of drug-likeness (QED) is 0.345. The summed E-state index contributed by atoms with van der Waals surface area (Å²) in [5, 5.41) is 6.09. The number of urea groups is 1.